The molecule has 0 spiro atoms. The van der Waals surface area contributed by atoms with Gasteiger partial charge in [0.05, 0.1) is 0 Å². The van der Waals surface area contributed by atoms with Crippen LogP contribution in [0.25, 0.3) is 21.7 Å². The molecule has 1 nitrogen and oxygen atoms in total. The molecule has 0 atom stereocenters. The van der Waals surface area contributed by atoms with Crippen LogP contribution >= 0.6 is 0 Å². The van der Waals surface area contributed by atoms with Gasteiger partial charge in [-0.2, -0.15) is 0 Å². The summed E-state index contributed by atoms with van der Waals surface area (Å²) in [5, 5.41) is 4.01. The molecular weight excluding hydrogens is 218 g/mol. The highest BCUT2D eigenvalue weighted by atomic mass is 14.6. The molecule has 0 saturated heterocycles. The Hall–Kier alpha value is -2.28. The molecule has 0 saturated carbocycles. The quantitative estimate of drug-likeness (QED) is 0.463. The van der Waals surface area contributed by atoms with E-state index in [1.54, 1.807) is 0 Å². The number of aromatic amines is 1. The van der Waals surface area contributed by atoms with Crippen molar-refractivity contribution in [2.75, 3.05) is 0 Å². The van der Waals surface area contributed by atoms with E-state index in [0.717, 1.165) is 6.42 Å². The van der Waals surface area contributed by atoms with Crippen molar-refractivity contribution in [1.82, 2.24) is 4.98 Å². The maximum absolute atomic E-state index is 3.39. The van der Waals surface area contributed by atoms with E-state index in [-0.39, 0.29) is 0 Å². The highest BCUT2D eigenvalue weighted by Crippen LogP contribution is 2.30. The summed E-state index contributed by atoms with van der Waals surface area (Å²) >= 11 is 0. The molecule has 1 heteroatoms. The first-order valence-electron chi connectivity index (χ1n) is 6.27. The zero-order chi connectivity index (χ0) is 11.9. The Labute approximate surface area is 105 Å². The number of H-pyrrole nitrogens is 1. The summed E-state index contributed by atoms with van der Waals surface area (Å²) in [5.74, 6) is 0. The Balaban J connectivity index is 2.41. The molecule has 2 heterocycles. The Kier molecular flexibility index (Phi) is 1.95. The highest BCUT2D eigenvalue weighted by molar-refractivity contribution is 6.06. The Morgan fingerprint density at radius 2 is 1.83 bits per heavy atom. The molecule has 1 aliphatic heterocycles. The van der Waals surface area contributed by atoms with Crippen molar-refractivity contribution in [2.24, 2.45) is 0 Å². The minimum absolute atomic E-state index is 1.02. The third-order valence-electron chi connectivity index (χ3n) is 3.65. The van der Waals surface area contributed by atoms with Crippen molar-refractivity contribution >= 4 is 21.7 Å². The molecule has 2 aromatic carbocycles. The predicted molar refractivity (Wildman–Crippen MR) is 76.2 cm³/mol. The van der Waals surface area contributed by atoms with Crippen LogP contribution in [0.5, 0.6) is 0 Å². The maximum atomic E-state index is 3.39. The van der Waals surface area contributed by atoms with Crippen LogP contribution in [0.2, 0.25) is 0 Å². The summed E-state index contributed by atoms with van der Waals surface area (Å²) < 4.78 is 0. The summed E-state index contributed by atoms with van der Waals surface area (Å²) in [5.41, 5.74) is 3.97. The lowest BCUT2D eigenvalue weighted by atomic mass is 9.93. The Morgan fingerprint density at radius 1 is 0.889 bits per heavy atom. The first-order chi connectivity index (χ1) is 8.92. The number of benzene rings is 2. The van der Waals surface area contributed by atoms with Crippen molar-refractivity contribution in [3.05, 3.63) is 71.9 Å². The molecule has 1 aromatic heterocycles. The minimum Gasteiger partial charge on any atom is -0.361 e. The topological polar surface area (TPSA) is 15.8 Å². The van der Waals surface area contributed by atoms with Gasteiger partial charge in [-0.1, -0.05) is 42.5 Å². The van der Waals surface area contributed by atoms with Crippen molar-refractivity contribution in [2.45, 2.75) is 6.42 Å². The second-order valence-electron chi connectivity index (χ2n) is 4.80. The zero-order valence-electron chi connectivity index (χ0n) is 9.98. The van der Waals surface area contributed by atoms with Crippen LogP contribution in [0.4, 0.5) is 0 Å². The molecule has 5 rings (SSSR count). The van der Waals surface area contributed by atoms with Gasteiger partial charge in [-0.3, -0.25) is 0 Å². The van der Waals surface area contributed by atoms with E-state index < -0.39 is 0 Å². The Morgan fingerprint density at radius 3 is 2.78 bits per heavy atom. The van der Waals surface area contributed by atoms with E-state index in [2.05, 4.69) is 59.6 Å². The van der Waals surface area contributed by atoms with E-state index >= 15 is 0 Å². The lowest BCUT2D eigenvalue weighted by molar-refractivity contribution is 1.21. The van der Waals surface area contributed by atoms with Gasteiger partial charge in [-0.15, -0.1) is 0 Å². The smallest absolute Gasteiger partial charge is 0.0459 e. The summed E-state index contributed by atoms with van der Waals surface area (Å²) in [7, 11) is 0. The third kappa shape index (κ3) is 1.34. The van der Waals surface area contributed by atoms with Gasteiger partial charge >= 0.3 is 0 Å². The molecule has 18 heavy (non-hydrogen) atoms. The van der Waals surface area contributed by atoms with Crippen LogP contribution in [0.3, 0.4) is 0 Å². The van der Waals surface area contributed by atoms with E-state index in [1.165, 1.54) is 32.8 Å². The molecular formula is C17H13N. The summed E-state index contributed by atoms with van der Waals surface area (Å²) in [6, 6.07) is 19.6. The SMILES string of the molecule is c1cc2c3c(c1)cc(cc[nH]c1ccccc13)C2. The van der Waals surface area contributed by atoms with Gasteiger partial charge in [0, 0.05) is 17.1 Å². The lowest BCUT2D eigenvalue weighted by Crippen LogP contribution is -1.93. The van der Waals surface area contributed by atoms with E-state index in [0.29, 0.717) is 0 Å². The van der Waals surface area contributed by atoms with E-state index in [1.807, 2.05) is 6.20 Å². The molecule has 0 unspecified atom stereocenters. The summed E-state index contributed by atoms with van der Waals surface area (Å²) in [4.78, 5) is 3.39. The van der Waals surface area contributed by atoms with Gasteiger partial charge in [-0.05, 0) is 40.5 Å². The van der Waals surface area contributed by atoms with Gasteiger partial charge in [-0.25, -0.2) is 0 Å². The number of hydrogen-bond acceptors (Lipinski definition) is 0. The monoisotopic (exact) mass is 231 g/mol. The van der Waals surface area contributed by atoms with Crippen molar-refractivity contribution < 1.29 is 0 Å². The first-order valence-corrected chi connectivity index (χ1v) is 6.27. The van der Waals surface area contributed by atoms with Gasteiger partial charge < -0.3 is 4.98 Å². The number of hydrogen-bond donors (Lipinski definition) is 1. The van der Waals surface area contributed by atoms with Crippen molar-refractivity contribution in [1.29, 1.82) is 0 Å². The lowest BCUT2D eigenvalue weighted by Gasteiger charge is -2.11. The fraction of sp³-hybridized carbons (Fsp3) is 0.0588. The Bertz CT molecular complexity index is 810. The van der Waals surface area contributed by atoms with Gasteiger partial charge in [0.1, 0.15) is 0 Å². The average Bonchev–Trinajstić information content (AvgIpc) is 2.50. The molecule has 0 fully saturated rings. The molecule has 1 aliphatic carbocycles. The molecule has 1 N–H and O–H groups in total. The zero-order valence-corrected chi connectivity index (χ0v) is 9.98. The number of rotatable bonds is 0. The van der Waals surface area contributed by atoms with Crippen LogP contribution in [-0.2, 0) is 6.42 Å². The minimum atomic E-state index is 1.02. The highest BCUT2D eigenvalue weighted by Gasteiger charge is 2.09. The van der Waals surface area contributed by atoms with Crippen LogP contribution < -0.4 is 0 Å². The molecule has 2 aliphatic rings. The summed E-state index contributed by atoms with van der Waals surface area (Å²) in [6.45, 7) is 0. The van der Waals surface area contributed by atoms with Crippen LogP contribution in [0.1, 0.15) is 11.1 Å². The normalized spacial score (nSPS) is 12.2. The van der Waals surface area contributed by atoms with E-state index in [9.17, 15) is 0 Å². The second kappa shape index (κ2) is 3.61. The summed E-state index contributed by atoms with van der Waals surface area (Å²) in [6.07, 6.45) is 3.06. The predicted octanol–water partition coefficient (Wildman–Crippen LogP) is 4.35. The van der Waals surface area contributed by atoms with Crippen LogP contribution in [-0.4, -0.2) is 4.98 Å². The van der Waals surface area contributed by atoms with Crippen LogP contribution in [0, 0.1) is 0 Å². The van der Waals surface area contributed by atoms with Gasteiger partial charge in [0.2, 0.25) is 0 Å². The fourth-order valence-corrected chi connectivity index (χ4v) is 2.86. The molecule has 0 amide bonds. The third-order valence-corrected chi connectivity index (χ3v) is 3.65. The average molecular weight is 231 g/mol. The largest absolute Gasteiger partial charge is 0.361 e. The van der Waals surface area contributed by atoms with Crippen LogP contribution in [0.15, 0.2) is 60.8 Å². The fourth-order valence-electron chi connectivity index (χ4n) is 2.86. The molecule has 86 valence electrons. The first kappa shape index (κ1) is 9.72. The van der Waals surface area contributed by atoms with E-state index in [4.69, 9.17) is 0 Å². The number of para-hydroxylation sites is 1. The van der Waals surface area contributed by atoms with Crippen molar-refractivity contribution in [3.63, 3.8) is 0 Å². The van der Waals surface area contributed by atoms with Crippen molar-refractivity contribution in [3.8, 4) is 0 Å². The molecule has 4 bridgehead atoms. The number of aromatic nitrogens is 1. The molecule has 0 radical (unpaired) electrons. The van der Waals surface area contributed by atoms with Gasteiger partial charge in [0.15, 0.2) is 0 Å². The van der Waals surface area contributed by atoms with Gasteiger partial charge in [0.25, 0.3) is 0 Å². The standard InChI is InChI=1S/C17H13N/c1-2-7-16-15(6-1)17-13-4-3-5-14(17)11-12(10-13)8-9-18-16/h1-10,18H,11H2. The number of fused-ring (bicyclic) bond motifs is 2. The second-order valence-corrected chi connectivity index (χ2v) is 4.80. The number of nitrogens with one attached hydrogen (secondary N) is 1. The molecule has 3 aromatic rings. The maximum Gasteiger partial charge on any atom is 0.0459 e.